The van der Waals surface area contributed by atoms with Crippen molar-refractivity contribution in [3.05, 3.63) is 0 Å². The highest BCUT2D eigenvalue weighted by molar-refractivity contribution is 5.85. The third-order valence-electron chi connectivity index (χ3n) is 0.547. The lowest BCUT2D eigenvalue weighted by atomic mass is 10.7. The van der Waals surface area contributed by atoms with Crippen LogP contribution >= 0.6 is 0 Å². The third-order valence-corrected chi connectivity index (χ3v) is 0.547. The summed E-state index contributed by atoms with van der Waals surface area (Å²) in [6.45, 7) is -0.724. The molecular formula is C4H6N2O5. The summed E-state index contributed by atoms with van der Waals surface area (Å²) in [5.41, 5.74) is 8.93. The molecule has 0 bridgehead atoms. The van der Waals surface area contributed by atoms with Crippen molar-refractivity contribution < 1.29 is 23.9 Å². The molecule has 0 aliphatic heterocycles. The standard InChI is InChI=1S/C4H6N2O5/c5-3(8)10-1-2(7)11-4(6)9/h1H2,(H2,5,8)(H2,6,9). The van der Waals surface area contributed by atoms with E-state index in [-0.39, 0.29) is 0 Å². The topological polar surface area (TPSA) is 122 Å². The van der Waals surface area contributed by atoms with Gasteiger partial charge in [0, 0.05) is 0 Å². The van der Waals surface area contributed by atoms with Crippen molar-refractivity contribution in [2.45, 2.75) is 0 Å². The predicted octanol–water partition coefficient (Wildman–Crippen LogP) is -1.30. The zero-order valence-corrected chi connectivity index (χ0v) is 5.40. The summed E-state index contributed by atoms with van der Waals surface area (Å²) in [7, 11) is 0. The fourth-order valence-electron chi connectivity index (χ4n) is 0.272. The molecule has 2 amide bonds. The lowest BCUT2D eigenvalue weighted by Gasteiger charge is -1.98. The van der Waals surface area contributed by atoms with Crippen molar-refractivity contribution >= 4 is 18.2 Å². The van der Waals surface area contributed by atoms with Crippen LogP contribution in [0.4, 0.5) is 9.59 Å². The van der Waals surface area contributed by atoms with Gasteiger partial charge in [-0.25, -0.2) is 14.4 Å². The number of nitrogens with two attached hydrogens (primary N) is 2. The van der Waals surface area contributed by atoms with Crippen LogP contribution in [-0.2, 0) is 14.3 Å². The maximum absolute atomic E-state index is 10.3. The second-order valence-corrected chi connectivity index (χ2v) is 1.40. The Morgan fingerprint density at radius 3 is 2.00 bits per heavy atom. The Morgan fingerprint density at radius 1 is 1.09 bits per heavy atom. The Bertz CT molecular complexity index is 189. The monoisotopic (exact) mass is 162 g/mol. The second kappa shape index (κ2) is 4.09. The zero-order chi connectivity index (χ0) is 8.85. The van der Waals surface area contributed by atoms with E-state index in [1.165, 1.54) is 0 Å². The number of rotatable bonds is 2. The summed E-state index contributed by atoms with van der Waals surface area (Å²) in [6, 6.07) is 0. The highest BCUT2D eigenvalue weighted by atomic mass is 16.6. The molecule has 0 radical (unpaired) electrons. The highest BCUT2D eigenvalue weighted by Crippen LogP contribution is 1.80. The van der Waals surface area contributed by atoms with E-state index in [1.807, 2.05) is 0 Å². The van der Waals surface area contributed by atoms with E-state index in [9.17, 15) is 14.4 Å². The largest absolute Gasteiger partial charge is 0.438 e. The van der Waals surface area contributed by atoms with Crippen LogP contribution in [0.25, 0.3) is 0 Å². The van der Waals surface area contributed by atoms with Crippen LogP contribution in [0.5, 0.6) is 0 Å². The number of primary amides is 2. The Kier molecular flexibility index (Phi) is 3.43. The van der Waals surface area contributed by atoms with Gasteiger partial charge in [0.1, 0.15) is 0 Å². The van der Waals surface area contributed by atoms with Gasteiger partial charge < -0.3 is 20.9 Å². The first-order valence-corrected chi connectivity index (χ1v) is 2.44. The second-order valence-electron chi connectivity index (χ2n) is 1.40. The maximum Gasteiger partial charge on any atom is 0.412 e. The smallest absolute Gasteiger partial charge is 0.412 e. The molecule has 0 fully saturated rings. The molecule has 0 aromatic heterocycles. The minimum absolute atomic E-state index is 0.724. The van der Waals surface area contributed by atoms with Crippen LogP contribution < -0.4 is 11.5 Å². The number of ether oxygens (including phenoxy) is 2. The van der Waals surface area contributed by atoms with Crippen molar-refractivity contribution in [3.8, 4) is 0 Å². The fourth-order valence-corrected chi connectivity index (χ4v) is 0.272. The molecule has 0 aliphatic rings. The van der Waals surface area contributed by atoms with Gasteiger partial charge in [0.25, 0.3) is 0 Å². The van der Waals surface area contributed by atoms with Gasteiger partial charge in [-0.2, -0.15) is 0 Å². The molecule has 0 aromatic rings. The van der Waals surface area contributed by atoms with Gasteiger partial charge in [-0.15, -0.1) is 0 Å². The van der Waals surface area contributed by atoms with Crippen LogP contribution in [0, 0.1) is 0 Å². The lowest BCUT2D eigenvalue weighted by molar-refractivity contribution is -0.140. The van der Waals surface area contributed by atoms with Gasteiger partial charge in [0.05, 0.1) is 0 Å². The molecule has 4 N–H and O–H groups in total. The first-order chi connectivity index (χ1) is 5.02. The van der Waals surface area contributed by atoms with Gasteiger partial charge in [-0.1, -0.05) is 0 Å². The molecule has 0 atom stereocenters. The number of carbonyl (C=O) groups excluding carboxylic acids is 3. The van der Waals surface area contributed by atoms with Gasteiger partial charge in [-0.05, 0) is 0 Å². The van der Waals surface area contributed by atoms with Crippen LogP contribution in [-0.4, -0.2) is 24.8 Å². The number of amides is 2. The first-order valence-electron chi connectivity index (χ1n) is 2.44. The molecule has 0 aliphatic carbocycles. The molecule has 62 valence electrons. The molecule has 7 nitrogen and oxygen atoms in total. The van der Waals surface area contributed by atoms with Gasteiger partial charge >= 0.3 is 18.2 Å². The van der Waals surface area contributed by atoms with Gasteiger partial charge in [-0.3, -0.25) is 0 Å². The van der Waals surface area contributed by atoms with E-state index in [1.54, 1.807) is 0 Å². The molecule has 0 saturated carbocycles. The summed E-state index contributed by atoms with van der Waals surface area (Å²) in [6.07, 6.45) is -2.39. The summed E-state index contributed by atoms with van der Waals surface area (Å²) >= 11 is 0. The molecule has 7 heteroatoms. The first kappa shape index (κ1) is 9.21. The van der Waals surface area contributed by atoms with E-state index < -0.39 is 24.8 Å². The van der Waals surface area contributed by atoms with Crippen molar-refractivity contribution in [1.29, 1.82) is 0 Å². The van der Waals surface area contributed by atoms with E-state index in [4.69, 9.17) is 0 Å². The average Bonchev–Trinajstić information content (AvgIpc) is 1.82. The van der Waals surface area contributed by atoms with Crippen molar-refractivity contribution in [3.63, 3.8) is 0 Å². The quantitative estimate of drug-likeness (QED) is 0.386. The Balaban J connectivity index is 3.53. The maximum atomic E-state index is 10.3. The van der Waals surface area contributed by atoms with Crippen LogP contribution in [0.2, 0.25) is 0 Å². The van der Waals surface area contributed by atoms with Crippen molar-refractivity contribution in [1.82, 2.24) is 0 Å². The SMILES string of the molecule is NC(=O)OCC(=O)OC(N)=O. The van der Waals surface area contributed by atoms with E-state index in [0.29, 0.717) is 0 Å². The van der Waals surface area contributed by atoms with E-state index >= 15 is 0 Å². The molecular weight excluding hydrogens is 156 g/mol. The molecule has 11 heavy (non-hydrogen) atoms. The number of carbonyl (C=O) groups is 3. The molecule has 0 unspecified atom stereocenters. The third kappa shape index (κ3) is 6.09. The minimum Gasteiger partial charge on any atom is -0.438 e. The average molecular weight is 162 g/mol. The molecule has 0 aromatic carbocycles. The number of hydrogen-bond donors (Lipinski definition) is 2. The van der Waals surface area contributed by atoms with E-state index in [2.05, 4.69) is 20.9 Å². The number of hydrogen-bond acceptors (Lipinski definition) is 5. The van der Waals surface area contributed by atoms with Crippen LogP contribution in [0.1, 0.15) is 0 Å². The van der Waals surface area contributed by atoms with Crippen molar-refractivity contribution in [2.24, 2.45) is 11.5 Å². The number of esters is 1. The molecule has 0 rings (SSSR count). The Labute approximate surface area is 61.2 Å². The highest BCUT2D eigenvalue weighted by Gasteiger charge is 2.07. The van der Waals surface area contributed by atoms with Crippen LogP contribution in [0.15, 0.2) is 0 Å². The zero-order valence-electron chi connectivity index (χ0n) is 5.40. The van der Waals surface area contributed by atoms with Gasteiger partial charge in [0.2, 0.25) is 0 Å². The Morgan fingerprint density at radius 2 is 1.64 bits per heavy atom. The summed E-state index contributed by atoms with van der Waals surface area (Å²) in [5.74, 6) is -1.07. The summed E-state index contributed by atoms with van der Waals surface area (Å²) in [4.78, 5) is 30.0. The molecule has 0 saturated heterocycles. The normalized spacial score (nSPS) is 8.36. The van der Waals surface area contributed by atoms with Gasteiger partial charge in [0.15, 0.2) is 6.61 Å². The van der Waals surface area contributed by atoms with Crippen LogP contribution in [0.3, 0.4) is 0 Å². The Hall–Kier alpha value is -1.79. The fraction of sp³-hybridized carbons (Fsp3) is 0.250. The molecule has 0 spiro atoms. The summed E-state index contributed by atoms with van der Waals surface area (Å²) < 4.78 is 7.73. The lowest BCUT2D eigenvalue weighted by Crippen LogP contribution is -2.24. The summed E-state index contributed by atoms with van der Waals surface area (Å²) in [5, 5.41) is 0. The minimum atomic E-state index is -1.26. The predicted molar refractivity (Wildman–Crippen MR) is 31.2 cm³/mol. The molecule has 0 heterocycles. The van der Waals surface area contributed by atoms with E-state index in [0.717, 1.165) is 0 Å². The van der Waals surface area contributed by atoms with Crippen molar-refractivity contribution in [2.75, 3.05) is 6.61 Å².